The highest BCUT2D eigenvalue weighted by Gasteiger charge is 2.12. The van der Waals surface area contributed by atoms with Gasteiger partial charge in [-0.05, 0) is 31.2 Å². The van der Waals surface area contributed by atoms with Gasteiger partial charge >= 0.3 is 0 Å². The monoisotopic (exact) mass is 237 g/mol. The maximum Gasteiger partial charge on any atom is 0.170 e. The lowest BCUT2D eigenvalue weighted by molar-refractivity contribution is 0.414. The Bertz CT molecular complexity index is 476. The van der Waals surface area contributed by atoms with E-state index in [0.717, 1.165) is 28.3 Å². The summed E-state index contributed by atoms with van der Waals surface area (Å²) in [5.74, 6) is 1.95. The van der Waals surface area contributed by atoms with Gasteiger partial charge in [-0.2, -0.15) is 0 Å². The second kappa shape index (κ2) is 4.58. The predicted molar refractivity (Wildman–Crippen MR) is 62.8 cm³/mol. The van der Waals surface area contributed by atoms with E-state index in [1.54, 1.807) is 7.11 Å². The zero-order valence-corrected chi connectivity index (χ0v) is 9.91. The molecule has 0 atom stereocenters. The lowest BCUT2D eigenvalue weighted by Crippen LogP contribution is -1.84. The number of methoxy groups -OCH3 is 1. The van der Waals surface area contributed by atoms with Crippen molar-refractivity contribution < 1.29 is 9.26 Å². The third kappa shape index (κ3) is 1.91. The van der Waals surface area contributed by atoms with E-state index < -0.39 is 0 Å². The van der Waals surface area contributed by atoms with E-state index in [1.807, 2.05) is 31.2 Å². The molecule has 84 valence electrons. The van der Waals surface area contributed by atoms with Crippen LogP contribution in [0.5, 0.6) is 5.75 Å². The van der Waals surface area contributed by atoms with Crippen LogP contribution in [-0.4, -0.2) is 12.3 Å². The fraction of sp³-hybridized carbons (Fsp3) is 0.250. The number of hydrogen-bond donors (Lipinski definition) is 0. The normalized spacial score (nSPS) is 10.4. The van der Waals surface area contributed by atoms with E-state index in [-0.39, 0.29) is 0 Å². The van der Waals surface area contributed by atoms with Crippen molar-refractivity contribution >= 4 is 11.6 Å². The first-order chi connectivity index (χ1) is 7.76. The molecule has 0 fully saturated rings. The van der Waals surface area contributed by atoms with E-state index in [4.69, 9.17) is 20.9 Å². The van der Waals surface area contributed by atoms with E-state index in [1.165, 1.54) is 0 Å². The second-order valence-electron chi connectivity index (χ2n) is 3.45. The molecule has 1 heterocycles. The van der Waals surface area contributed by atoms with Crippen LogP contribution in [0.4, 0.5) is 0 Å². The number of halogens is 1. The molecule has 0 saturated carbocycles. The predicted octanol–water partition coefficient (Wildman–Crippen LogP) is 3.40. The van der Waals surface area contributed by atoms with E-state index in [0.29, 0.717) is 5.88 Å². The zero-order valence-electron chi connectivity index (χ0n) is 9.16. The third-order valence-corrected chi connectivity index (χ3v) is 2.75. The number of ether oxygens (including phenoxy) is 1. The number of rotatable bonds is 3. The van der Waals surface area contributed by atoms with Crippen LogP contribution in [0.15, 0.2) is 28.8 Å². The van der Waals surface area contributed by atoms with Crippen LogP contribution in [0.1, 0.15) is 11.3 Å². The first kappa shape index (κ1) is 11.0. The van der Waals surface area contributed by atoms with Crippen molar-refractivity contribution in [1.82, 2.24) is 5.16 Å². The molecule has 0 amide bonds. The average Bonchev–Trinajstić information content (AvgIpc) is 2.70. The highest BCUT2D eigenvalue weighted by Crippen LogP contribution is 2.27. The molecule has 0 unspecified atom stereocenters. The molecular weight excluding hydrogens is 226 g/mol. The fourth-order valence-corrected chi connectivity index (χ4v) is 1.75. The Morgan fingerprint density at radius 3 is 2.50 bits per heavy atom. The highest BCUT2D eigenvalue weighted by molar-refractivity contribution is 6.17. The number of hydrogen-bond acceptors (Lipinski definition) is 3. The summed E-state index contributed by atoms with van der Waals surface area (Å²) in [6.45, 7) is 1.95. The first-order valence-corrected chi connectivity index (χ1v) is 5.45. The Hall–Kier alpha value is -1.48. The van der Waals surface area contributed by atoms with Gasteiger partial charge in [-0.3, -0.25) is 0 Å². The quantitative estimate of drug-likeness (QED) is 0.768. The smallest absolute Gasteiger partial charge is 0.170 e. The topological polar surface area (TPSA) is 35.3 Å². The van der Waals surface area contributed by atoms with Crippen molar-refractivity contribution in [2.24, 2.45) is 0 Å². The molecule has 2 rings (SSSR count). The molecule has 0 spiro atoms. The summed E-state index contributed by atoms with van der Waals surface area (Å²) >= 11 is 5.74. The molecular formula is C12H12ClNO2. The van der Waals surface area contributed by atoms with Gasteiger partial charge in [-0.15, -0.1) is 11.6 Å². The summed E-state index contributed by atoms with van der Waals surface area (Å²) in [5, 5.41) is 3.91. The van der Waals surface area contributed by atoms with Gasteiger partial charge < -0.3 is 9.26 Å². The molecule has 0 radical (unpaired) electrons. The molecule has 4 heteroatoms. The first-order valence-electron chi connectivity index (χ1n) is 4.91. The summed E-state index contributed by atoms with van der Waals surface area (Å²) in [6, 6.07) is 7.64. The largest absolute Gasteiger partial charge is 0.497 e. The van der Waals surface area contributed by atoms with Crippen molar-refractivity contribution in [3.8, 4) is 17.1 Å². The molecule has 1 aromatic carbocycles. The van der Waals surface area contributed by atoms with Crippen LogP contribution in [0.25, 0.3) is 11.3 Å². The lowest BCUT2D eigenvalue weighted by atomic mass is 10.1. The van der Waals surface area contributed by atoms with Crippen LogP contribution in [0, 0.1) is 6.92 Å². The van der Waals surface area contributed by atoms with E-state index in [9.17, 15) is 0 Å². The van der Waals surface area contributed by atoms with Gasteiger partial charge in [0.15, 0.2) is 5.76 Å². The van der Waals surface area contributed by atoms with Crippen LogP contribution in [0.2, 0.25) is 0 Å². The molecule has 0 bridgehead atoms. The van der Waals surface area contributed by atoms with Gasteiger partial charge in [0.1, 0.15) is 11.4 Å². The minimum absolute atomic E-state index is 0.367. The molecule has 16 heavy (non-hydrogen) atoms. The van der Waals surface area contributed by atoms with Crippen molar-refractivity contribution in [3.63, 3.8) is 0 Å². The van der Waals surface area contributed by atoms with Gasteiger partial charge in [-0.25, -0.2) is 0 Å². The summed E-state index contributed by atoms with van der Waals surface area (Å²) in [5.41, 5.74) is 2.75. The standard InChI is InChI=1S/C12H12ClNO2/c1-8-11(7-13)14-16-12(8)9-3-5-10(15-2)6-4-9/h3-6H,7H2,1-2H3. The van der Waals surface area contributed by atoms with Gasteiger partial charge in [0.25, 0.3) is 0 Å². The van der Waals surface area contributed by atoms with Gasteiger partial charge in [-0.1, -0.05) is 5.16 Å². The van der Waals surface area contributed by atoms with E-state index in [2.05, 4.69) is 5.16 Å². The van der Waals surface area contributed by atoms with Crippen molar-refractivity contribution in [1.29, 1.82) is 0 Å². The van der Waals surface area contributed by atoms with Crippen molar-refractivity contribution in [2.45, 2.75) is 12.8 Å². The summed E-state index contributed by atoms with van der Waals surface area (Å²) < 4.78 is 10.4. The van der Waals surface area contributed by atoms with E-state index >= 15 is 0 Å². The number of benzene rings is 1. The summed E-state index contributed by atoms with van der Waals surface area (Å²) in [4.78, 5) is 0. The second-order valence-corrected chi connectivity index (χ2v) is 3.71. The van der Waals surface area contributed by atoms with Crippen LogP contribution in [-0.2, 0) is 5.88 Å². The van der Waals surface area contributed by atoms with Gasteiger partial charge in [0, 0.05) is 11.1 Å². The molecule has 3 nitrogen and oxygen atoms in total. The maximum absolute atomic E-state index is 5.74. The Labute approximate surface area is 99.0 Å². The highest BCUT2D eigenvalue weighted by atomic mass is 35.5. The average molecular weight is 238 g/mol. The SMILES string of the molecule is COc1ccc(-c2onc(CCl)c2C)cc1. The fourth-order valence-electron chi connectivity index (χ4n) is 1.50. The minimum Gasteiger partial charge on any atom is -0.497 e. The Balaban J connectivity index is 2.38. The van der Waals surface area contributed by atoms with Crippen LogP contribution < -0.4 is 4.74 Å². The summed E-state index contributed by atoms with van der Waals surface area (Å²) in [6.07, 6.45) is 0. The molecule has 0 N–H and O–H groups in total. The Kier molecular flexibility index (Phi) is 3.15. The maximum atomic E-state index is 5.74. The Morgan fingerprint density at radius 1 is 1.31 bits per heavy atom. The van der Waals surface area contributed by atoms with Crippen molar-refractivity contribution in [2.75, 3.05) is 7.11 Å². The Morgan fingerprint density at radius 2 is 2.00 bits per heavy atom. The number of aromatic nitrogens is 1. The minimum atomic E-state index is 0.367. The van der Waals surface area contributed by atoms with Gasteiger partial charge in [0.2, 0.25) is 0 Å². The molecule has 0 aliphatic carbocycles. The molecule has 2 aromatic rings. The molecule has 0 aliphatic rings. The van der Waals surface area contributed by atoms with Crippen LogP contribution >= 0.6 is 11.6 Å². The third-order valence-electron chi connectivity index (χ3n) is 2.50. The molecule has 0 saturated heterocycles. The molecule has 0 aliphatic heterocycles. The number of alkyl halides is 1. The van der Waals surface area contributed by atoms with Crippen LogP contribution in [0.3, 0.4) is 0 Å². The zero-order chi connectivity index (χ0) is 11.5. The molecule has 1 aromatic heterocycles. The lowest BCUT2D eigenvalue weighted by Gasteiger charge is -2.01. The number of nitrogens with zero attached hydrogens (tertiary/aromatic N) is 1. The van der Waals surface area contributed by atoms with Gasteiger partial charge in [0.05, 0.1) is 13.0 Å². The summed E-state index contributed by atoms with van der Waals surface area (Å²) in [7, 11) is 1.64. The van der Waals surface area contributed by atoms with Crippen molar-refractivity contribution in [3.05, 3.63) is 35.5 Å².